The van der Waals surface area contributed by atoms with Crippen LogP contribution in [-0.4, -0.2) is 51.9 Å². The fraction of sp³-hybridized carbons (Fsp3) is 0.370. The molecule has 0 spiro atoms. The standard InChI is InChI=1S/C27H29FN4O2/c28-22-9-5-10-23(17-22)34-26-25(29-12-13-30-26)21-8-6-16-32(19-21)27(33)24-11-2-1-7-20(24)18-31-14-3-4-15-31/h1-2,5,7,9-13,17,21H,3-4,6,8,14-16,18-19H2/t21-/m1/s1. The van der Waals surface area contributed by atoms with Gasteiger partial charge in [-0.1, -0.05) is 24.3 Å². The molecule has 6 nitrogen and oxygen atoms in total. The Bertz CT molecular complexity index is 1150. The normalized spacial score (nSPS) is 18.7. The van der Waals surface area contributed by atoms with Gasteiger partial charge in [-0.25, -0.2) is 9.37 Å². The molecular formula is C27H29FN4O2. The van der Waals surface area contributed by atoms with Crippen LogP contribution in [0.1, 0.15) is 53.2 Å². The molecule has 0 unspecified atom stereocenters. The summed E-state index contributed by atoms with van der Waals surface area (Å²) in [5.74, 6) is 0.435. The zero-order chi connectivity index (χ0) is 23.3. The van der Waals surface area contributed by atoms with Crippen LogP contribution in [0.15, 0.2) is 60.9 Å². The van der Waals surface area contributed by atoms with E-state index in [9.17, 15) is 9.18 Å². The predicted octanol–water partition coefficient (Wildman–Crippen LogP) is 5.02. The summed E-state index contributed by atoms with van der Waals surface area (Å²) in [4.78, 5) is 26.8. The molecule has 7 heteroatoms. The summed E-state index contributed by atoms with van der Waals surface area (Å²) in [6, 6.07) is 13.9. The third kappa shape index (κ3) is 5.09. The largest absolute Gasteiger partial charge is 0.437 e. The number of carbonyl (C=O) groups excluding carboxylic acids is 1. The molecule has 0 saturated carbocycles. The van der Waals surface area contributed by atoms with Crippen molar-refractivity contribution in [2.75, 3.05) is 26.2 Å². The minimum Gasteiger partial charge on any atom is -0.437 e. The highest BCUT2D eigenvalue weighted by Gasteiger charge is 2.30. The zero-order valence-electron chi connectivity index (χ0n) is 19.2. The van der Waals surface area contributed by atoms with Gasteiger partial charge >= 0.3 is 0 Å². The summed E-state index contributed by atoms with van der Waals surface area (Å²) in [6.07, 6.45) is 7.42. The van der Waals surface area contributed by atoms with E-state index >= 15 is 0 Å². The maximum Gasteiger partial charge on any atom is 0.254 e. The van der Waals surface area contributed by atoms with Gasteiger partial charge in [0, 0.05) is 49.6 Å². The molecule has 3 heterocycles. The first-order chi connectivity index (χ1) is 16.7. The van der Waals surface area contributed by atoms with Crippen LogP contribution in [0.2, 0.25) is 0 Å². The zero-order valence-corrected chi connectivity index (χ0v) is 19.2. The lowest BCUT2D eigenvalue weighted by Crippen LogP contribution is -2.40. The van der Waals surface area contributed by atoms with E-state index in [1.54, 1.807) is 24.5 Å². The monoisotopic (exact) mass is 460 g/mol. The highest BCUT2D eigenvalue weighted by atomic mass is 19.1. The molecule has 1 aromatic heterocycles. The van der Waals surface area contributed by atoms with Gasteiger partial charge in [0.05, 0.1) is 0 Å². The first-order valence-corrected chi connectivity index (χ1v) is 12.0. The van der Waals surface area contributed by atoms with Crippen molar-refractivity contribution >= 4 is 5.91 Å². The highest BCUT2D eigenvalue weighted by molar-refractivity contribution is 5.95. The van der Waals surface area contributed by atoms with Crippen molar-refractivity contribution in [3.63, 3.8) is 0 Å². The summed E-state index contributed by atoms with van der Waals surface area (Å²) >= 11 is 0. The van der Waals surface area contributed by atoms with E-state index < -0.39 is 0 Å². The molecule has 3 aromatic rings. The molecule has 0 bridgehead atoms. The van der Waals surface area contributed by atoms with Gasteiger partial charge in [-0.3, -0.25) is 14.7 Å². The minimum absolute atomic E-state index is 0.000651. The molecule has 2 aliphatic rings. The second-order valence-corrected chi connectivity index (χ2v) is 9.04. The van der Waals surface area contributed by atoms with Gasteiger partial charge in [0.1, 0.15) is 17.3 Å². The molecule has 34 heavy (non-hydrogen) atoms. The molecule has 2 fully saturated rings. The molecule has 2 aromatic carbocycles. The van der Waals surface area contributed by atoms with Gasteiger partial charge in [-0.05, 0) is 62.5 Å². The van der Waals surface area contributed by atoms with Crippen LogP contribution in [0.3, 0.4) is 0 Å². The summed E-state index contributed by atoms with van der Waals surface area (Å²) in [5, 5.41) is 0. The molecule has 2 saturated heterocycles. The number of carbonyl (C=O) groups is 1. The molecule has 2 aliphatic heterocycles. The van der Waals surface area contributed by atoms with Crippen LogP contribution >= 0.6 is 0 Å². The fourth-order valence-electron chi connectivity index (χ4n) is 4.94. The maximum atomic E-state index is 13.6. The molecule has 0 radical (unpaired) electrons. The Labute approximate surface area is 199 Å². The summed E-state index contributed by atoms with van der Waals surface area (Å²) in [7, 11) is 0. The van der Waals surface area contributed by atoms with E-state index in [2.05, 4.69) is 20.9 Å². The average Bonchev–Trinajstić information content (AvgIpc) is 3.38. The second-order valence-electron chi connectivity index (χ2n) is 9.04. The van der Waals surface area contributed by atoms with Crippen molar-refractivity contribution in [2.24, 2.45) is 0 Å². The van der Waals surface area contributed by atoms with E-state index in [-0.39, 0.29) is 17.6 Å². The first-order valence-electron chi connectivity index (χ1n) is 12.0. The number of likely N-dealkylation sites (tertiary alicyclic amines) is 2. The Balaban J connectivity index is 1.34. The van der Waals surface area contributed by atoms with Gasteiger partial charge in [0.15, 0.2) is 0 Å². The SMILES string of the molecule is O=C(c1ccccc1CN1CCCC1)N1CCC[C@@H](c2nccnc2Oc2cccc(F)c2)C1. The quantitative estimate of drug-likeness (QED) is 0.517. The number of aromatic nitrogens is 2. The topological polar surface area (TPSA) is 58.6 Å². The Morgan fingerprint density at radius 1 is 1.00 bits per heavy atom. The van der Waals surface area contributed by atoms with Gasteiger partial charge in [0.25, 0.3) is 5.91 Å². The Morgan fingerprint density at radius 2 is 1.82 bits per heavy atom. The van der Waals surface area contributed by atoms with Crippen molar-refractivity contribution in [2.45, 2.75) is 38.1 Å². The van der Waals surface area contributed by atoms with Crippen LogP contribution in [-0.2, 0) is 6.54 Å². The average molecular weight is 461 g/mol. The lowest BCUT2D eigenvalue weighted by Gasteiger charge is -2.33. The lowest BCUT2D eigenvalue weighted by molar-refractivity contribution is 0.0702. The van der Waals surface area contributed by atoms with E-state index in [0.717, 1.165) is 43.6 Å². The molecular weight excluding hydrogens is 431 g/mol. The number of halogens is 1. The summed E-state index contributed by atoms with van der Waals surface area (Å²) in [6.45, 7) is 4.27. The third-order valence-corrected chi connectivity index (χ3v) is 6.64. The van der Waals surface area contributed by atoms with E-state index in [0.29, 0.717) is 30.4 Å². The molecule has 0 N–H and O–H groups in total. The summed E-state index contributed by atoms with van der Waals surface area (Å²) in [5.41, 5.74) is 2.58. The molecule has 1 atom stereocenters. The maximum absolute atomic E-state index is 13.6. The smallest absolute Gasteiger partial charge is 0.254 e. The van der Waals surface area contributed by atoms with Crippen LogP contribution < -0.4 is 4.74 Å². The minimum atomic E-state index is -0.370. The Kier molecular flexibility index (Phi) is 6.81. The number of rotatable bonds is 6. The summed E-state index contributed by atoms with van der Waals surface area (Å²) < 4.78 is 19.5. The predicted molar refractivity (Wildman–Crippen MR) is 127 cm³/mol. The molecule has 176 valence electrons. The van der Waals surface area contributed by atoms with Gasteiger partial charge in [-0.2, -0.15) is 0 Å². The van der Waals surface area contributed by atoms with Crippen LogP contribution in [0.4, 0.5) is 4.39 Å². The van der Waals surface area contributed by atoms with Crippen LogP contribution in [0.25, 0.3) is 0 Å². The van der Waals surface area contributed by atoms with E-state index in [4.69, 9.17) is 4.74 Å². The highest BCUT2D eigenvalue weighted by Crippen LogP contribution is 2.33. The van der Waals surface area contributed by atoms with Crippen molar-refractivity contribution < 1.29 is 13.9 Å². The van der Waals surface area contributed by atoms with Gasteiger partial charge in [-0.15, -0.1) is 0 Å². The number of hydrogen-bond donors (Lipinski definition) is 0. The molecule has 0 aliphatic carbocycles. The van der Waals surface area contributed by atoms with Crippen molar-refractivity contribution in [1.82, 2.24) is 19.8 Å². The van der Waals surface area contributed by atoms with Crippen LogP contribution in [0.5, 0.6) is 11.6 Å². The van der Waals surface area contributed by atoms with E-state index in [1.807, 2.05) is 23.1 Å². The van der Waals surface area contributed by atoms with E-state index in [1.165, 1.54) is 25.0 Å². The Morgan fingerprint density at radius 3 is 2.68 bits per heavy atom. The number of piperidine rings is 1. The fourth-order valence-corrected chi connectivity index (χ4v) is 4.94. The van der Waals surface area contributed by atoms with Gasteiger partial charge in [0.2, 0.25) is 5.88 Å². The van der Waals surface area contributed by atoms with Gasteiger partial charge < -0.3 is 9.64 Å². The second kappa shape index (κ2) is 10.3. The number of hydrogen-bond acceptors (Lipinski definition) is 5. The molecule has 1 amide bonds. The third-order valence-electron chi connectivity index (χ3n) is 6.64. The number of amides is 1. The number of benzene rings is 2. The first kappa shape index (κ1) is 22.5. The number of ether oxygens (including phenoxy) is 1. The number of nitrogens with zero attached hydrogens (tertiary/aromatic N) is 4. The van der Waals surface area contributed by atoms with Crippen LogP contribution in [0, 0.1) is 5.82 Å². The lowest BCUT2D eigenvalue weighted by atomic mass is 9.93. The Hall–Kier alpha value is -3.32. The molecule has 5 rings (SSSR count). The van der Waals surface area contributed by atoms with Crippen molar-refractivity contribution in [1.29, 1.82) is 0 Å². The van der Waals surface area contributed by atoms with Crippen molar-refractivity contribution in [3.8, 4) is 11.6 Å². The van der Waals surface area contributed by atoms with Crippen molar-refractivity contribution in [3.05, 3.63) is 83.6 Å².